The molecule has 1 aliphatic rings. The topological polar surface area (TPSA) is 79.3 Å². The Balaban J connectivity index is 3.34. The molecule has 0 atom stereocenters. The maximum Gasteiger partial charge on any atom is 0.381 e. The summed E-state index contributed by atoms with van der Waals surface area (Å²) in [7, 11) is -3.74. The van der Waals surface area contributed by atoms with E-state index >= 15 is 0 Å². The second-order valence-corrected chi connectivity index (χ2v) is 7.11. The van der Waals surface area contributed by atoms with E-state index in [1.807, 2.05) is 13.8 Å². The van der Waals surface area contributed by atoms with Crippen molar-refractivity contribution in [2.75, 3.05) is 39.4 Å². The Bertz CT molecular complexity index is 460. The molecule has 134 valence electrons. The van der Waals surface area contributed by atoms with E-state index in [1.54, 1.807) is 18.7 Å². The lowest BCUT2D eigenvalue weighted by Crippen LogP contribution is -2.34. The lowest BCUT2D eigenvalue weighted by molar-refractivity contribution is -0.129. The van der Waals surface area contributed by atoms with Gasteiger partial charge < -0.3 is 24.0 Å². The highest BCUT2D eigenvalue weighted by atomic mass is 31.2. The average molecular weight is 348 g/mol. The van der Waals surface area contributed by atoms with E-state index in [-0.39, 0.29) is 18.7 Å². The highest BCUT2D eigenvalue weighted by Crippen LogP contribution is 2.58. The molecule has 1 aliphatic heterocycles. The van der Waals surface area contributed by atoms with Gasteiger partial charge in [-0.3, -0.25) is 9.36 Å². The maximum atomic E-state index is 13.2. The minimum Gasteiger partial charge on any atom is -0.501 e. The van der Waals surface area contributed by atoms with Gasteiger partial charge in [0, 0.05) is 26.2 Å². The van der Waals surface area contributed by atoms with Gasteiger partial charge in [0.15, 0.2) is 5.44 Å². The van der Waals surface area contributed by atoms with Crippen LogP contribution in [0.2, 0.25) is 0 Å². The highest BCUT2D eigenvalue weighted by Gasteiger charge is 2.40. The smallest absolute Gasteiger partial charge is 0.381 e. The Morgan fingerprint density at radius 2 is 1.57 bits per heavy atom. The lowest BCUT2D eigenvalue weighted by Gasteiger charge is -2.29. The maximum absolute atomic E-state index is 13.2. The van der Waals surface area contributed by atoms with E-state index in [2.05, 4.69) is 0 Å². The molecule has 0 aromatic rings. The third-order valence-corrected chi connectivity index (χ3v) is 5.94. The van der Waals surface area contributed by atoms with E-state index < -0.39 is 19.3 Å². The van der Waals surface area contributed by atoms with Crippen molar-refractivity contribution in [1.82, 2.24) is 9.80 Å². The molecule has 23 heavy (non-hydrogen) atoms. The van der Waals surface area contributed by atoms with Crippen LogP contribution < -0.4 is 0 Å². The van der Waals surface area contributed by atoms with Crippen LogP contribution in [0.25, 0.3) is 0 Å². The van der Waals surface area contributed by atoms with E-state index in [1.165, 1.54) is 4.90 Å². The van der Waals surface area contributed by atoms with E-state index in [9.17, 15) is 14.5 Å². The zero-order chi connectivity index (χ0) is 17.5. The highest BCUT2D eigenvalue weighted by molar-refractivity contribution is 7.58. The Labute approximate surface area is 138 Å². The summed E-state index contributed by atoms with van der Waals surface area (Å²) in [5.74, 6) is -1.07. The summed E-state index contributed by atoms with van der Waals surface area (Å²) >= 11 is 0. The van der Waals surface area contributed by atoms with Gasteiger partial charge in [-0.05, 0) is 40.5 Å². The molecule has 0 unspecified atom stereocenters. The molecule has 1 heterocycles. The number of rotatable bonds is 9. The first kappa shape index (κ1) is 20.0. The van der Waals surface area contributed by atoms with Crippen molar-refractivity contribution in [2.24, 2.45) is 0 Å². The number of hydrogen-bond donors (Lipinski definition) is 1. The van der Waals surface area contributed by atoms with E-state index in [0.29, 0.717) is 26.2 Å². The quantitative estimate of drug-likeness (QED) is 0.392. The number of hydrogen-bond acceptors (Lipinski definition) is 6. The number of amides is 1. The first-order valence-corrected chi connectivity index (χ1v) is 9.86. The zero-order valence-corrected chi connectivity index (χ0v) is 15.5. The SMILES string of the molecule is CCOP(=O)(OCC)/C(=C(/O)C(=O)N(CC)CC)N1CCCC1. The van der Waals surface area contributed by atoms with Gasteiger partial charge in [-0.1, -0.05) is 0 Å². The molecule has 0 aliphatic carbocycles. The fourth-order valence-corrected chi connectivity index (χ4v) is 4.54. The van der Waals surface area contributed by atoms with E-state index in [4.69, 9.17) is 9.05 Å². The van der Waals surface area contributed by atoms with Crippen molar-refractivity contribution in [1.29, 1.82) is 0 Å². The molecular formula is C15H29N2O5P. The van der Waals surface area contributed by atoms with Crippen molar-refractivity contribution in [2.45, 2.75) is 40.5 Å². The first-order valence-electron chi connectivity index (χ1n) is 8.32. The molecule has 1 amide bonds. The van der Waals surface area contributed by atoms with E-state index in [0.717, 1.165) is 12.8 Å². The van der Waals surface area contributed by atoms with Crippen LogP contribution in [-0.4, -0.2) is 60.2 Å². The van der Waals surface area contributed by atoms with Crippen LogP contribution in [0.1, 0.15) is 40.5 Å². The van der Waals surface area contributed by atoms with Crippen LogP contribution in [0.3, 0.4) is 0 Å². The molecule has 1 rings (SSSR count). The Morgan fingerprint density at radius 3 is 1.96 bits per heavy atom. The van der Waals surface area contributed by atoms with Crippen LogP contribution in [0.15, 0.2) is 11.2 Å². The number of likely N-dealkylation sites (tertiary alicyclic amines) is 1. The van der Waals surface area contributed by atoms with Crippen LogP contribution in [0.5, 0.6) is 0 Å². The molecule has 0 spiro atoms. The number of nitrogens with zero attached hydrogens (tertiary/aromatic N) is 2. The van der Waals surface area contributed by atoms with Crippen LogP contribution in [0, 0.1) is 0 Å². The second kappa shape index (κ2) is 9.30. The van der Waals surface area contributed by atoms with Crippen molar-refractivity contribution >= 4 is 13.5 Å². The Kier molecular flexibility index (Phi) is 8.09. The minimum absolute atomic E-state index is 0.00981. The van der Waals surface area contributed by atoms with Gasteiger partial charge >= 0.3 is 7.60 Å². The van der Waals surface area contributed by atoms with Crippen molar-refractivity contribution in [3.8, 4) is 0 Å². The normalized spacial score (nSPS) is 16.4. The van der Waals surface area contributed by atoms with Gasteiger partial charge in [-0.2, -0.15) is 0 Å². The Hall–Kier alpha value is -1.04. The first-order chi connectivity index (χ1) is 10.9. The summed E-state index contributed by atoms with van der Waals surface area (Å²) in [4.78, 5) is 15.8. The number of carbonyl (C=O) groups excluding carboxylic acids is 1. The zero-order valence-electron chi connectivity index (χ0n) is 14.6. The number of aliphatic hydroxyl groups excluding tert-OH is 1. The summed E-state index contributed by atoms with van der Waals surface area (Å²) in [5.41, 5.74) is 0.00981. The summed E-state index contributed by atoms with van der Waals surface area (Å²) < 4.78 is 23.9. The van der Waals surface area contributed by atoms with Crippen LogP contribution in [-0.2, 0) is 18.4 Å². The Morgan fingerprint density at radius 1 is 1.09 bits per heavy atom. The summed E-state index contributed by atoms with van der Waals surface area (Å²) in [6.07, 6.45) is 1.82. The minimum atomic E-state index is -3.74. The molecule has 0 aromatic heterocycles. The predicted octanol–water partition coefficient (Wildman–Crippen LogP) is 2.94. The summed E-state index contributed by atoms with van der Waals surface area (Å²) in [6, 6.07) is 0. The third-order valence-electron chi connectivity index (χ3n) is 3.73. The third kappa shape index (κ3) is 4.72. The van der Waals surface area contributed by atoms with Gasteiger partial charge in [0.1, 0.15) is 0 Å². The van der Waals surface area contributed by atoms with Gasteiger partial charge in [-0.25, -0.2) is 0 Å². The molecule has 0 aromatic carbocycles. The monoisotopic (exact) mass is 348 g/mol. The van der Waals surface area contributed by atoms with Crippen LogP contribution in [0.4, 0.5) is 0 Å². The molecule has 0 bridgehead atoms. The largest absolute Gasteiger partial charge is 0.501 e. The van der Waals surface area contributed by atoms with Crippen molar-refractivity contribution in [3.63, 3.8) is 0 Å². The molecular weight excluding hydrogens is 319 g/mol. The standard InChI is InChI=1S/C15H29N2O5P/c1-5-16(6-2)14(19)13(18)15(17-11-9-10-12-17)23(20,21-7-3)22-8-4/h18H,5-12H2,1-4H3/b15-13+. The summed E-state index contributed by atoms with van der Waals surface area (Å²) in [6.45, 7) is 9.56. The van der Waals surface area contributed by atoms with Gasteiger partial charge in [0.05, 0.1) is 13.2 Å². The fourth-order valence-electron chi connectivity index (χ4n) is 2.64. The van der Waals surface area contributed by atoms with Gasteiger partial charge in [0.25, 0.3) is 5.91 Å². The van der Waals surface area contributed by atoms with Crippen LogP contribution >= 0.6 is 7.60 Å². The molecule has 0 saturated carbocycles. The van der Waals surface area contributed by atoms with Gasteiger partial charge in [-0.15, -0.1) is 0 Å². The second-order valence-electron chi connectivity index (χ2n) is 5.18. The molecule has 1 N–H and O–H groups in total. The lowest BCUT2D eigenvalue weighted by atomic mass is 10.4. The molecule has 0 radical (unpaired) electrons. The van der Waals surface area contributed by atoms with Crippen molar-refractivity contribution in [3.05, 3.63) is 11.2 Å². The predicted molar refractivity (Wildman–Crippen MR) is 89.2 cm³/mol. The number of likely N-dealkylation sites (N-methyl/N-ethyl adjacent to an activating group) is 1. The fraction of sp³-hybridized carbons (Fsp3) is 0.800. The molecule has 1 saturated heterocycles. The average Bonchev–Trinajstić information content (AvgIpc) is 3.02. The molecule has 1 fully saturated rings. The summed E-state index contributed by atoms with van der Waals surface area (Å²) in [5, 5.41) is 10.6. The number of carbonyl (C=O) groups is 1. The van der Waals surface area contributed by atoms with Crippen molar-refractivity contribution < 1.29 is 23.5 Å². The van der Waals surface area contributed by atoms with Gasteiger partial charge in [0.2, 0.25) is 5.76 Å². The molecule has 8 heteroatoms. The molecule has 7 nitrogen and oxygen atoms in total. The number of aliphatic hydroxyl groups is 1.